The SMILES string of the molecule is CN1CCN(C(=O)C2Cc3cc(Cl)ccc3N2)CC1(C)C. The number of rotatable bonds is 1. The maximum Gasteiger partial charge on any atom is 0.245 e. The van der Waals surface area contributed by atoms with Gasteiger partial charge >= 0.3 is 0 Å². The van der Waals surface area contributed by atoms with Crippen molar-refractivity contribution in [2.75, 3.05) is 32.0 Å². The van der Waals surface area contributed by atoms with Crippen molar-refractivity contribution >= 4 is 23.2 Å². The van der Waals surface area contributed by atoms with Gasteiger partial charge in [-0.1, -0.05) is 11.6 Å². The van der Waals surface area contributed by atoms with Gasteiger partial charge in [0.2, 0.25) is 5.91 Å². The molecule has 0 aromatic heterocycles. The highest BCUT2D eigenvalue weighted by atomic mass is 35.5. The Kier molecular flexibility index (Phi) is 3.62. The van der Waals surface area contributed by atoms with E-state index in [1.54, 1.807) is 0 Å². The molecule has 1 saturated heterocycles. The molecule has 3 rings (SSSR count). The molecule has 1 fully saturated rings. The van der Waals surface area contributed by atoms with Crippen molar-refractivity contribution in [2.24, 2.45) is 0 Å². The zero-order valence-electron chi connectivity index (χ0n) is 12.8. The third-order valence-corrected chi connectivity index (χ3v) is 4.98. The maximum absolute atomic E-state index is 12.8. The number of carbonyl (C=O) groups excluding carboxylic acids is 1. The first-order valence-electron chi connectivity index (χ1n) is 7.42. The van der Waals surface area contributed by atoms with Gasteiger partial charge in [-0.05, 0) is 44.7 Å². The molecule has 1 amide bonds. The van der Waals surface area contributed by atoms with E-state index in [2.05, 4.69) is 31.1 Å². The fraction of sp³-hybridized carbons (Fsp3) is 0.562. The Morgan fingerprint density at radius 2 is 2.14 bits per heavy atom. The molecule has 1 aromatic rings. The van der Waals surface area contributed by atoms with E-state index in [4.69, 9.17) is 11.6 Å². The number of likely N-dealkylation sites (N-methyl/N-ethyl adjacent to an activating group) is 1. The zero-order valence-corrected chi connectivity index (χ0v) is 13.6. The molecule has 2 heterocycles. The Bertz CT molecular complexity index is 573. The zero-order chi connectivity index (χ0) is 15.2. The number of piperazine rings is 1. The molecule has 0 saturated carbocycles. The number of benzene rings is 1. The van der Waals surface area contributed by atoms with Crippen molar-refractivity contribution < 1.29 is 4.79 Å². The predicted octanol–water partition coefficient (Wildman–Crippen LogP) is 2.23. The minimum absolute atomic E-state index is 0.0304. The van der Waals surface area contributed by atoms with Gasteiger partial charge < -0.3 is 10.2 Å². The number of carbonyl (C=O) groups is 1. The first kappa shape index (κ1) is 14.7. The van der Waals surface area contributed by atoms with Crippen LogP contribution in [0.3, 0.4) is 0 Å². The lowest BCUT2D eigenvalue weighted by Crippen LogP contribution is -2.60. The second-order valence-electron chi connectivity index (χ2n) is 6.70. The average molecular weight is 308 g/mol. The van der Waals surface area contributed by atoms with Crippen LogP contribution in [0.4, 0.5) is 5.69 Å². The van der Waals surface area contributed by atoms with Crippen LogP contribution in [0.1, 0.15) is 19.4 Å². The second-order valence-corrected chi connectivity index (χ2v) is 7.13. The minimum Gasteiger partial charge on any atom is -0.373 e. The number of hydrogen-bond donors (Lipinski definition) is 1. The molecule has 0 aliphatic carbocycles. The fourth-order valence-corrected chi connectivity index (χ4v) is 3.32. The molecule has 0 radical (unpaired) electrons. The quantitative estimate of drug-likeness (QED) is 0.864. The molecule has 1 unspecified atom stereocenters. The number of nitrogens with zero attached hydrogens (tertiary/aromatic N) is 2. The van der Waals surface area contributed by atoms with E-state index in [1.165, 1.54) is 0 Å². The van der Waals surface area contributed by atoms with E-state index in [-0.39, 0.29) is 17.5 Å². The van der Waals surface area contributed by atoms with Crippen molar-refractivity contribution in [3.63, 3.8) is 0 Å². The Balaban J connectivity index is 1.71. The molecule has 0 bridgehead atoms. The molecule has 114 valence electrons. The molecule has 0 spiro atoms. The van der Waals surface area contributed by atoms with Crippen LogP contribution in [0.2, 0.25) is 5.02 Å². The van der Waals surface area contributed by atoms with Crippen LogP contribution in [-0.4, -0.2) is 54.0 Å². The number of amides is 1. The first-order chi connectivity index (χ1) is 9.87. The maximum atomic E-state index is 12.8. The number of hydrogen-bond acceptors (Lipinski definition) is 3. The molecule has 21 heavy (non-hydrogen) atoms. The van der Waals surface area contributed by atoms with Crippen LogP contribution in [-0.2, 0) is 11.2 Å². The third kappa shape index (κ3) is 2.74. The van der Waals surface area contributed by atoms with Gasteiger partial charge in [-0.15, -0.1) is 0 Å². The fourth-order valence-electron chi connectivity index (χ4n) is 3.13. The summed E-state index contributed by atoms with van der Waals surface area (Å²) in [6.45, 7) is 6.86. The summed E-state index contributed by atoms with van der Waals surface area (Å²) in [7, 11) is 2.12. The summed E-state index contributed by atoms with van der Waals surface area (Å²) in [4.78, 5) is 17.1. The molecule has 2 aliphatic rings. The van der Waals surface area contributed by atoms with Crippen molar-refractivity contribution in [3.05, 3.63) is 28.8 Å². The van der Waals surface area contributed by atoms with Crippen LogP contribution >= 0.6 is 11.6 Å². The predicted molar refractivity (Wildman–Crippen MR) is 85.9 cm³/mol. The van der Waals surface area contributed by atoms with Crippen molar-refractivity contribution in [1.29, 1.82) is 0 Å². The lowest BCUT2D eigenvalue weighted by atomic mass is 9.99. The van der Waals surface area contributed by atoms with Gasteiger partial charge in [-0.25, -0.2) is 0 Å². The molecular formula is C16H22ClN3O. The summed E-state index contributed by atoms with van der Waals surface area (Å²) < 4.78 is 0. The van der Waals surface area contributed by atoms with Gasteiger partial charge in [0.25, 0.3) is 0 Å². The summed E-state index contributed by atoms with van der Waals surface area (Å²) in [5.74, 6) is 0.198. The van der Waals surface area contributed by atoms with E-state index < -0.39 is 0 Å². The largest absolute Gasteiger partial charge is 0.373 e. The molecular weight excluding hydrogens is 286 g/mol. The molecule has 4 nitrogen and oxygen atoms in total. The van der Waals surface area contributed by atoms with Crippen LogP contribution in [0, 0.1) is 0 Å². The molecule has 1 N–H and O–H groups in total. The van der Waals surface area contributed by atoms with E-state index in [9.17, 15) is 4.79 Å². The number of halogens is 1. The Hall–Kier alpha value is -1.26. The normalized spacial score (nSPS) is 24.6. The highest BCUT2D eigenvalue weighted by Crippen LogP contribution is 2.30. The lowest BCUT2D eigenvalue weighted by molar-refractivity contribution is -0.136. The van der Waals surface area contributed by atoms with Gasteiger partial charge in [0.15, 0.2) is 0 Å². The third-order valence-electron chi connectivity index (χ3n) is 4.75. The molecule has 2 aliphatic heterocycles. The molecule has 1 aromatic carbocycles. The summed E-state index contributed by atoms with van der Waals surface area (Å²) >= 11 is 6.02. The van der Waals surface area contributed by atoms with Gasteiger partial charge in [-0.2, -0.15) is 0 Å². The summed E-state index contributed by atoms with van der Waals surface area (Å²) in [6, 6.07) is 5.61. The van der Waals surface area contributed by atoms with Gasteiger partial charge in [0, 0.05) is 42.3 Å². The number of nitrogens with one attached hydrogen (secondary N) is 1. The number of fused-ring (bicyclic) bond motifs is 1. The van der Waals surface area contributed by atoms with E-state index in [0.29, 0.717) is 0 Å². The van der Waals surface area contributed by atoms with Crippen LogP contribution in [0.15, 0.2) is 18.2 Å². The van der Waals surface area contributed by atoms with E-state index in [1.807, 2.05) is 23.1 Å². The standard InChI is InChI=1S/C16H22ClN3O/c1-16(2)10-20(7-6-19(16)3)15(21)14-9-11-8-12(17)4-5-13(11)18-14/h4-5,8,14,18H,6-7,9-10H2,1-3H3. The number of anilines is 1. The van der Waals surface area contributed by atoms with E-state index >= 15 is 0 Å². The van der Waals surface area contributed by atoms with Crippen molar-refractivity contribution in [3.8, 4) is 0 Å². The summed E-state index contributed by atoms with van der Waals surface area (Å²) in [6.07, 6.45) is 0.724. The van der Waals surface area contributed by atoms with Gasteiger partial charge in [0.1, 0.15) is 6.04 Å². The Morgan fingerprint density at radius 1 is 1.38 bits per heavy atom. The van der Waals surface area contributed by atoms with Crippen molar-refractivity contribution in [2.45, 2.75) is 31.8 Å². The monoisotopic (exact) mass is 307 g/mol. The summed E-state index contributed by atoms with van der Waals surface area (Å²) in [5.41, 5.74) is 2.20. The van der Waals surface area contributed by atoms with Gasteiger partial charge in [-0.3, -0.25) is 9.69 Å². The van der Waals surface area contributed by atoms with Crippen LogP contribution in [0.25, 0.3) is 0 Å². The highest BCUT2D eigenvalue weighted by molar-refractivity contribution is 6.30. The topological polar surface area (TPSA) is 35.6 Å². The van der Waals surface area contributed by atoms with Crippen LogP contribution in [0.5, 0.6) is 0 Å². The highest BCUT2D eigenvalue weighted by Gasteiger charge is 2.37. The average Bonchev–Trinajstić information content (AvgIpc) is 2.83. The second kappa shape index (κ2) is 5.18. The first-order valence-corrected chi connectivity index (χ1v) is 7.79. The Labute approximate surface area is 131 Å². The minimum atomic E-state index is -0.155. The Morgan fingerprint density at radius 3 is 2.86 bits per heavy atom. The molecule has 5 heteroatoms. The summed E-state index contributed by atoms with van der Waals surface area (Å²) in [5, 5.41) is 4.06. The van der Waals surface area contributed by atoms with Crippen LogP contribution < -0.4 is 5.32 Å². The van der Waals surface area contributed by atoms with Crippen molar-refractivity contribution in [1.82, 2.24) is 9.80 Å². The smallest absolute Gasteiger partial charge is 0.245 e. The van der Waals surface area contributed by atoms with E-state index in [0.717, 1.165) is 42.3 Å². The molecule has 1 atom stereocenters. The lowest BCUT2D eigenvalue weighted by Gasteiger charge is -2.45. The van der Waals surface area contributed by atoms with Gasteiger partial charge in [0.05, 0.1) is 0 Å².